The van der Waals surface area contributed by atoms with E-state index in [4.69, 9.17) is 5.73 Å². The molecular formula is C12H18F6N2O. The van der Waals surface area contributed by atoms with E-state index in [9.17, 15) is 31.1 Å². The van der Waals surface area contributed by atoms with Gasteiger partial charge in [-0.1, -0.05) is 13.3 Å². The highest BCUT2D eigenvalue weighted by atomic mass is 19.4. The molecule has 1 heterocycles. The maximum Gasteiger partial charge on any atom is 0.404 e. The van der Waals surface area contributed by atoms with Crippen LogP contribution in [0.3, 0.4) is 0 Å². The van der Waals surface area contributed by atoms with Gasteiger partial charge in [0, 0.05) is 13.1 Å². The molecule has 1 saturated heterocycles. The monoisotopic (exact) mass is 320 g/mol. The third kappa shape index (κ3) is 3.12. The van der Waals surface area contributed by atoms with E-state index in [-0.39, 0.29) is 6.42 Å². The number of amides is 1. The summed E-state index contributed by atoms with van der Waals surface area (Å²) < 4.78 is 77.4. The van der Waals surface area contributed by atoms with Crippen LogP contribution in [0.5, 0.6) is 0 Å². The minimum Gasteiger partial charge on any atom is -0.340 e. The lowest BCUT2D eigenvalue weighted by molar-refractivity contribution is -0.334. The Morgan fingerprint density at radius 2 is 1.67 bits per heavy atom. The number of alkyl halides is 6. The van der Waals surface area contributed by atoms with Crippen LogP contribution in [-0.4, -0.2) is 41.8 Å². The molecule has 1 atom stereocenters. The number of carbonyl (C=O) groups excluding carboxylic acids is 1. The standard InChI is InChI=1S/C12H18F6N2O/c1-3-4-9(2,19)8(21)20-6-5-10(7-20,11(13,14)15)12(16,17)18/h3-7,19H2,1-2H3. The summed E-state index contributed by atoms with van der Waals surface area (Å²) in [5, 5.41) is 0. The van der Waals surface area contributed by atoms with Crippen molar-refractivity contribution in [3.05, 3.63) is 0 Å². The van der Waals surface area contributed by atoms with Gasteiger partial charge in [0.05, 0.1) is 5.54 Å². The molecule has 0 bridgehead atoms. The molecule has 1 aliphatic heterocycles. The average molecular weight is 320 g/mol. The van der Waals surface area contributed by atoms with Gasteiger partial charge < -0.3 is 10.6 Å². The highest BCUT2D eigenvalue weighted by Gasteiger charge is 2.73. The predicted octanol–water partition coefficient (Wildman–Crippen LogP) is 2.85. The van der Waals surface area contributed by atoms with Crippen LogP contribution in [0.2, 0.25) is 0 Å². The number of rotatable bonds is 3. The van der Waals surface area contributed by atoms with Gasteiger partial charge in [-0.05, 0) is 19.8 Å². The normalized spacial score (nSPS) is 22.2. The number of nitrogens with two attached hydrogens (primary N) is 1. The summed E-state index contributed by atoms with van der Waals surface area (Å²) in [6.07, 6.45) is -11.4. The van der Waals surface area contributed by atoms with Crippen LogP contribution in [0.4, 0.5) is 26.3 Å². The fraction of sp³-hybridized carbons (Fsp3) is 0.917. The molecule has 9 heteroatoms. The van der Waals surface area contributed by atoms with E-state index >= 15 is 0 Å². The van der Waals surface area contributed by atoms with Crippen LogP contribution in [-0.2, 0) is 4.79 Å². The molecule has 1 amide bonds. The lowest BCUT2D eigenvalue weighted by Crippen LogP contribution is -2.56. The Hall–Kier alpha value is -0.990. The van der Waals surface area contributed by atoms with E-state index in [0.29, 0.717) is 11.3 Å². The number of likely N-dealkylation sites (tertiary alicyclic amines) is 1. The second kappa shape index (κ2) is 5.33. The largest absolute Gasteiger partial charge is 0.404 e. The third-order valence-electron chi connectivity index (χ3n) is 3.90. The van der Waals surface area contributed by atoms with Crippen LogP contribution < -0.4 is 5.73 Å². The topological polar surface area (TPSA) is 46.3 Å². The van der Waals surface area contributed by atoms with E-state index in [1.165, 1.54) is 6.92 Å². The molecule has 0 saturated carbocycles. The zero-order chi connectivity index (χ0) is 16.7. The van der Waals surface area contributed by atoms with Crippen LogP contribution in [0.15, 0.2) is 0 Å². The van der Waals surface area contributed by atoms with Gasteiger partial charge in [0.1, 0.15) is 0 Å². The van der Waals surface area contributed by atoms with Crippen LogP contribution in [0.25, 0.3) is 0 Å². The molecule has 0 spiro atoms. The minimum atomic E-state index is -5.46. The first-order chi connectivity index (χ1) is 9.28. The van der Waals surface area contributed by atoms with E-state index in [0.717, 1.165) is 0 Å². The van der Waals surface area contributed by atoms with Crippen molar-refractivity contribution in [3.63, 3.8) is 0 Å². The first-order valence-corrected chi connectivity index (χ1v) is 6.50. The quantitative estimate of drug-likeness (QED) is 0.813. The first-order valence-electron chi connectivity index (χ1n) is 6.50. The summed E-state index contributed by atoms with van der Waals surface area (Å²) in [5.74, 6) is -0.875. The van der Waals surface area contributed by atoms with Gasteiger partial charge in [0.2, 0.25) is 5.91 Å². The molecule has 1 fully saturated rings. The summed E-state index contributed by atoms with van der Waals surface area (Å²) in [5.41, 5.74) is 0.384. The van der Waals surface area contributed by atoms with E-state index < -0.39 is 48.7 Å². The fourth-order valence-electron chi connectivity index (χ4n) is 2.59. The van der Waals surface area contributed by atoms with Gasteiger partial charge in [-0.2, -0.15) is 26.3 Å². The maximum atomic E-state index is 12.9. The molecule has 1 rings (SSSR count). The van der Waals surface area contributed by atoms with Crippen molar-refractivity contribution < 1.29 is 31.1 Å². The fourth-order valence-corrected chi connectivity index (χ4v) is 2.59. The Morgan fingerprint density at radius 3 is 2.00 bits per heavy atom. The molecule has 21 heavy (non-hydrogen) atoms. The Labute approximate surface area is 118 Å². The molecule has 0 aliphatic carbocycles. The SMILES string of the molecule is CCCC(C)(N)C(=O)N1CCC(C(F)(F)F)(C(F)(F)F)C1. The van der Waals surface area contributed by atoms with Crippen LogP contribution >= 0.6 is 0 Å². The van der Waals surface area contributed by atoms with Crippen molar-refractivity contribution in [1.82, 2.24) is 4.90 Å². The van der Waals surface area contributed by atoms with Gasteiger partial charge in [-0.15, -0.1) is 0 Å². The highest BCUT2D eigenvalue weighted by Crippen LogP contribution is 2.55. The number of carbonyl (C=O) groups is 1. The van der Waals surface area contributed by atoms with Gasteiger partial charge >= 0.3 is 12.4 Å². The molecule has 1 unspecified atom stereocenters. The molecule has 0 radical (unpaired) electrons. The molecule has 0 aromatic carbocycles. The van der Waals surface area contributed by atoms with Crippen molar-refractivity contribution >= 4 is 5.91 Å². The Balaban J connectivity index is 3.03. The van der Waals surface area contributed by atoms with E-state index in [1.54, 1.807) is 6.92 Å². The Morgan fingerprint density at radius 1 is 1.19 bits per heavy atom. The summed E-state index contributed by atoms with van der Waals surface area (Å²) in [4.78, 5) is 12.6. The number of halogens is 6. The highest BCUT2D eigenvalue weighted by molar-refractivity contribution is 5.86. The summed E-state index contributed by atoms with van der Waals surface area (Å²) >= 11 is 0. The predicted molar refractivity (Wildman–Crippen MR) is 63.2 cm³/mol. The molecular weight excluding hydrogens is 302 g/mol. The minimum absolute atomic E-state index is 0.188. The molecule has 0 aromatic rings. The molecule has 1 aliphatic rings. The molecule has 124 valence electrons. The van der Waals surface area contributed by atoms with Gasteiger partial charge in [0.25, 0.3) is 0 Å². The average Bonchev–Trinajstić information content (AvgIpc) is 2.72. The van der Waals surface area contributed by atoms with Crippen LogP contribution in [0.1, 0.15) is 33.1 Å². The molecule has 2 N–H and O–H groups in total. The number of nitrogens with zero attached hydrogens (tertiary/aromatic N) is 1. The van der Waals surface area contributed by atoms with Crippen LogP contribution in [0, 0.1) is 5.41 Å². The van der Waals surface area contributed by atoms with Crippen molar-refractivity contribution in [3.8, 4) is 0 Å². The number of hydrogen-bond donors (Lipinski definition) is 1. The zero-order valence-electron chi connectivity index (χ0n) is 11.7. The zero-order valence-corrected chi connectivity index (χ0v) is 11.7. The Kier molecular flexibility index (Phi) is 4.58. The first kappa shape index (κ1) is 18.1. The maximum absolute atomic E-state index is 12.9. The lowest BCUT2D eigenvalue weighted by Gasteiger charge is -2.35. The van der Waals surface area contributed by atoms with E-state index in [1.807, 2.05) is 0 Å². The molecule has 3 nitrogen and oxygen atoms in total. The van der Waals surface area contributed by atoms with Crippen molar-refractivity contribution in [2.24, 2.45) is 11.1 Å². The van der Waals surface area contributed by atoms with Crippen molar-refractivity contribution in [2.75, 3.05) is 13.1 Å². The second-order valence-electron chi connectivity index (χ2n) is 5.72. The summed E-state index contributed by atoms with van der Waals surface area (Å²) in [6.45, 7) is 1.02. The Bertz CT molecular complexity index is 388. The van der Waals surface area contributed by atoms with E-state index in [2.05, 4.69) is 0 Å². The summed E-state index contributed by atoms with van der Waals surface area (Å²) in [7, 11) is 0. The van der Waals surface area contributed by atoms with Gasteiger partial charge in [-0.25, -0.2) is 0 Å². The van der Waals surface area contributed by atoms with Gasteiger partial charge in [0.15, 0.2) is 5.41 Å². The van der Waals surface area contributed by atoms with Crippen molar-refractivity contribution in [1.29, 1.82) is 0 Å². The van der Waals surface area contributed by atoms with Crippen molar-refractivity contribution in [2.45, 2.75) is 51.0 Å². The molecule has 0 aromatic heterocycles. The van der Waals surface area contributed by atoms with Gasteiger partial charge in [-0.3, -0.25) is 4.79 Å². The second-order valence-corrected chi connectivity index (χ2v) is 5.72. The smallest absolute Gasteiger partial charge is 0.340 e. The summed E-state index contributed by atoms with van der Waals surface area (Å²) in [6, 6.07) is 0. The number of hydrogen-bond acceptors (Lipinski definition) is 2. The third-order valence-corrected chi connectivity index (χ3v) is 3.90. The lowest BCUT2D eigenvalue weighted by atomic mass is 9.85.